The summed E-state index contributed by atoms with van der Waals surface area (Å²) in [4.78, 5) is 16.8. The van der Waals surface area contributed by atoms with E-state index in [1.807, 2.05) is 41.1 Å². The Bertz CT molecular complexity index is 1550. The molecule has 5 rings (SSSR count). The molecule has 1 unspecified atom stereocenters. The lowest BCUT2D eigenvalue weighted by Gasteiger charge is -2.15. The van der Waals surface area contributed by atoms with Gasteiger partial charge in [-0.3, -0.25) is 13.8 Å². The van der Waals surface area contributed by atoms with Crippen LogP contribution in [0.4, 0.5) is 5.69 Å². The quantitative estimate of drug-likeness (QED) is 0.214. The van der Waals surface area contributed by atoms with E-state index in [0.717, 1.165) is 29.1 Å². The summed E-state index contributed by atoms with van der Waals surface area (Å²) in [6.07, 6.45) is 10.4. The number of amides is 1. The Labute approximate surface area is 241 Å². The van der Waals surface area contributed by atoms with Gasteiger partial charge in [-0.05, 0) is 53.9 Å². The molecule has 1 aliphatic rings. The third-order valence-electron chi connectivity index (χ3n) is 6.45. The molecule has 9 heteroatoms. The van der Waals surface area contributed by atoms with Gasteiger partial charge in [0.25, 0.3) is 5.91 Å². The Morgan fingerprint density at radius 1 is 1.05 bits per heavy atom. The van der Waals surface area contributed by atoms with Crippen molar-refractivity contribution in [3.63, 3.8) is 0 Å². The van der Waals surface area contributed by atoms with Crippen LogP contribution in [0.3, 0.4) is 0 Å². The van der Waals surface area contributed by atoms with Crippen LogP contribution in [0, 0.1) is 0 Å². The molecule has 0 aliphatic carbocycles. The van der Waals surface area contributed by atoms with Crippen LogP contribution < -0.4 is 9.03 Å². The van der Waals surface area contributed by atoms with Crippen molar-refractivity contribution in [3.8, 4) is 16.9 Å². The molecule has 6 nitrogen and oxygen atoms in total. The number of allylic oxidation sites excluding steroid dienone is 1. The molecule has 1 aliphatic heterocycles. The SMILES string of the molecule is CCCC/C=C/c1ccc(Cc2nc(-c3ccc(Cl)cc3Cl)cn2-c2cccc(N3CC(=O)NS3=O)c2)cc1. The van der Waals surface area contributed by atoms with Crippen LogP contribution in [-0.4, -0.2) is 26.2 Å². The maximum Gasteiger partial charge on any atom is 0.253 e. The third-order valence-corrected chi connectivity index (χ3v) is 8.14. The molecule has 0 radical (unpaired) electrons. The maximum absolute atomic E-state index is 12.4. The van der Waals surface area contributed by atoms with Gasteiger partial charge in [-0.15, -0.1) is 0 Å². The average Bonchev–Trinajstić information content (AvgIpc) is 3.49. The number of benzene rings is 3. The van der Waals surface area contributed by atoms with Gasteiger partial charge in [0.05, 0.1) is 16.4 Å². The summed E-state index contributed by atoms with van der Waals surface area (Å²) in [5.41, 5.74) is 5.29. The fourth-order valence-electron chi connectivity index (χ4n) is 4.42. The van der Waals surface area contributed by atoms with Crippen molar-refractivity contribution in [1.29, 1.82) is 0 Å². The Morgan fingerprint density at radius 2 is 1.85 bits per heavy atom. The monoisotopic (exact) mass is 578 g/mol. The van der Waals surface area contributed by atoms with Crippen LogP contribution in [-0.2, 0) is 22.4 Å². The second-order valence-electron chi connectivity index (χ2n) is 9.33. The first-order valence-electron chi connectivity index (χ1n) is 12.8. The average molecular weight is 580 g/mol. The lowest BCUT2D eigenvalue weighted by atomic mass is 10.1. The van der Waals surface area contributed by atoms with Crippen molar-refractivity contribution in [2.45, 2.75) is 32.6 Å². The first-order chi connectivity index (χ1) is 18.9. The van der Waals surface area contributed by atoms with E-state index in [1.165, 1.54) is 22.7 Å². The van der Waals surface area contributed by atoms with E-state index < -0.39 is 11.2 Å². The fraction of sp³-hybridized carbons (Fsp3) is 0.200. The van der Waals surface area contributed by atoms with Crippen molar-refractivity contribution in [1.82, 2.24) is 14.3 Å². The topological polar surface area (TPSA) is 67.2 Å². The molecule has 0 bridgehead atoms. The number of hydrogen-bond acceptors (Lipinski definition) is 3. The molecule has 3 aromatic carbocycles. The Hall–Kier alpha value is -3.39. The third kappa shape index (κ3) is 6.44. The maximum atomic E-state index is 12.4. The number of anilines is 1. The number of carbonyl (C=O) groups is 1. The summed E-state index contributed by atoms with van der Waals surface area (Å²) in [6, 6.07) is 21.4. The molecule has 0 saturated carbocycles. The van der Waals surface area contributed by atoms with E-state index >= 15 is 0 Å². The highest BCUT2D eigenvalue weighted by molar-refractivity contribution is 7.85. The van der Waals surface area contributed by atoms with Crippen LogP contribution >= 0.6 is 23.2 Å². The number of unbranched alkanes of at least 4 members (excludes halogenated alkanes) is 2. The fourth-order valence-corrected chi connectivity index (χ4v) is 5.84. The van der Waals surface area contributed by atoms with Crippen molar-refractivity contribution in [2.75, 3.05) is 10.8 Å². The lowest BCUT2D eigenvalue weighted by molar-refractivity contribution is -0.117. The Morgan fingerprint density at radius 3 is 2.56 bits per heavy atom. The van der Waals surface area contributed by atoms with Crippen LogP contribution in [0.1, 0.15) is 43.1 Å². The normalized spacial score (nSPS) is 15.3. The largest absolute Gasteiger partial charge is 0.303 e. The van der Waals surface area contributed by atoms with Crippen LogP contribution in [0.2, 0.25) is 10.0 Å². The molecule has 39 heavy (non-hydrogen) atoms. The number of hydrogen-bond donors (Lipinski definition) is 1. The summed E-state index contributed by atoms with van der Waals surface area (Å²) in [6.45, 7) is 2.23. The predicted molar refractivity (Wildman–Crippen MR) is 160 cm³/mol. The molecular formula is C30H28Cl2N4O2S. The highest BCUT2D eigenvalue weighted by atomic mass is 35.5. The summed E-state index contributed by atoms with van der Waals surface area (Å²) in [7, 11) is 0. The minimum atomic E-state index is -1.61. The molecule has 1 N–H and O–H groups in total. The molecule has 200 valence electrons. The summed E-state index contributed by atoms with van der Waals surface area (Å²) in [5, 5.41) is 1.07. The van der Waals surface area contributed by atoms with Gasteiger partial charge in [0.15, 0.2) is 0 Å². The zero-order valence-corrected chi connectivity index (χ0v) is 23.8. The number of rotatable bonds is 9. The molecule has 1 saturated heterocycles. The highest BCUT2D eigenvalue weighted by Gasteiger charge is 2.27. The van der Waals surface area contributed by atoms with Gasteiger partial charge in [0, 0.05) is 28.9 Å². The van der Waals surface area contributed by atoms with E-state index in [1.54, 1.807) is 12.1 Å². The van der Waals surface area contributed by atoms with Gasteiger partial charge in [-0.2, -0.15) is 0 Å². The smallest absolute Gasteiger partial charge is 0.253 e. The molecular weight excluding hydrogens is 551 g/mol. The first-order valence-corrected chi connectivity index (χ1v) is 14.7. The molecule has 1 atom stereocenters. The lowest BCUT2D eigenvalue weighted by Crippen LogP contribution is -2.22. The molecule has 2 heterocycles. The summed E-state index contributed by atoms with van der Waals surface area (Å²) in [5.74, 6) is 0.543. The molecule has 1 fully saturated rings. The number of aromatic nitrogens is 2. The van der Waals surface area contributed by atoms with Crippen LogP contribution in [0.25, 0.3) is 23.0 Å². The van der Waals surface area contributed by atoms with E-state index in [9.17, 15) is 9.00 Å². The Balaban J connectivity index is 1.50. The van der Waals surface area contributed by atoms with Gasteiger partial charge < -0.3 is 4.57 Å². The van der Waals surface area contributed by atoms with Crippen molar-refractivity contribution in [2.24, 2.45) is 0 Å². The second-order valence-corrected chi connectivity index (χ2v) is 11.3. The number of nitrogens with one attached hydrogen (secondary N) is 1. The zero-order valence-electron chi connectivity index (χ0n) is 21.4. The first kappa shape index (κ1) is 27.2. The van der Waals surface area contributed by atoms with Crippen molar-refractivity contribution in [3.05, 3.63) is 106 Å². The molecule has 1 aromatic heterocycles. The Kier molecular flexibility index (Phi) is 8.50. The number of nitrogens with zero attached hydrogens (tertiary/aromatic N) is 3. The van der Waals surface area contributed by atoms with Crippen molar-refractivity contribution < 1.29 is 9.00 Å². The van der Waals surface area contributed by atoms with Gasteiger partial charge >= 0.3 is 0 Å². The summed E-state index contributed by atoms with van der Waals surface area (Å²) >= 11 is 11.1. The minimum Gasteiger partial charge on any atom is -0.303 e. The highest BCUT2D eigenvalue weighted by Crippen LogP contribution is 2.32. The van der Waals surface area contributed by atoms with Crippen molar-refractivity contribution >= 4 is 52.0 Å². The number of imidazole rings is 1. The predicted octanol–water partition coefficient (Wildman–Crippen LogP) is 7.16. The molecule has 1 amide bonds. The van der Waals surface area contributed by atoms with Gasteiger partial charge in [0.2, 0.25) is 11.2 Å². The second kappa shape index (κ2) is 12.2. The van der Waals surface area contributed by atoms with Crippen LogP contribution in [0.15, 0.2) is 79.0 Å². The van der Waals surface area contributed by atoms with Crippen LogP contribution in [0.5, 0.6) is 0 Å². The van der Waals surface area contributed by atoms with E-state index in [-0.39, 0.29) is 12.5 Å². The zero-order chi connectivity index (χ0) is 27.4. The molecule has 4 aromatic rings. The summed E-state index contributed by atoms with van der Waals surface area (Å²) < 4.78 is 18.4. The van der Waals surface area contributed by atoms with E-state index in [4.69, 9.17) is 28.2 Å². The van der Waals surface area contributed by atoms with Gasteiger partial charge in [0.1, 0.15) is 12.4 Å². The molecule has 0 spiro atoms. The standard InChI is InChI=1S/C30H28Cl2N4O2S/c1-2-3-4-5-7-21-10-12-22(13-11-21)16-29-33-28(26-15-14-23(31)17-27(26)32)19-35(29)24-8-6-9-25(18-24)36-20-30(37)34-39(36)38/h5-15,17-19H,2-4,16,20H2,1H3,(H,34,37)/b7-5+. The number of carbonyl (C=O) groups excluding carboxylic acids is 1. The van der Waals surface area contributed by atoms with E-state index in [2.05, 4.69) is 48.1 Å². The van der Waals surface area contributed by atoms with Gasteiger partial charge in [-0.25, -0.2) is 9.19 Å². The van der Waals surface area contributed by atoms with E-state index in [0.29, 0.717) is 27.8 Å². The van der Waals surface area contributed by atoms with Gasteiger partial charge in [-0.1, -0.05) is 85.5 Å². The minimum absolute atomic E-state index is 0.0394. The number of halogens is 2.